The van der Waals surface area contributed by atoms with Gasteiger partial charge in [-0.15, -0.1) is 0 Å². The Morgan fingerprint density at radius 1 is 1.38 bits per heavy atom. The van der Waals surface area contributed by atoms with Crippen molar-refractivity contribution in [3.8, 4) is 5.75 Å². The SMILES string of the molecule is COc1ccc(CCNC(=O)CN(C)C(=O)[C@@H](C)n2cccn2)cc1S(N)(=O)=O. The molecule has 0 bridgehead atoms. The first-order valence-corrected chi connectivity index (χ1v) is 10.4. The average molecular weight is 423 g/mol. The molecular weight excluding hydrogens is 398 g/mol. The van der Waals surface area contributed by atoms with Crippen molar-refractivity contribution in [2.75, 3.05) is 27.2 Å². The van der Waals surface area contributed by atoms with E-state index < -0.39 is 16.1 Å². The summed E-state index contributed by atoms with van der Waals surface area (Å²) >= 11 is 0. The molecule has 0 aliphatic rings. The number of nitrogens with zero attached hydrogens (tertiary/aromatic N) is 3. The van der Waals surface area contributed by atoms with Crippen LogP contribution in [0.3, 0.4) is 0 Å². The first-order valence-electron chi connectivity index (χ1n) is 8.84. The van der Waals surface area contributed by atoms with Crippen LogP contribution in [0.2, 0.25) is 0 Å². The molecule has 0 fully saturated rings. The quantitative estimate of drug-likeness (QED) is 0.579. The van der Waals surface area contributed by atoms with E-state index in [4.69, 9.17) is 9.88 Å². The number of aromatic nitrogens is 2. The van der Waals surface area contributed by atoms with Gasteiger partial charge in [-0.05, 0) is 37.1 Å². The molecule has 158 valence electrons. The number of methoxy groups -OCH3 is 1. The summed E-state index contributed by atoms with van der Waals surface area (Å²) in [6.07, 6.45) is 3.65. The van der Waals surface area contributed by atoms with Gasteiger partial charge in [-0.2, -0.15) is 5.10 Å². The van der Waals surface area contributed by atoms with Crippen molar-refractivity contribution in [2.45, 2.75) is 24.3 Å². The number of likely N-dealkylation sites (N-methyl/N-ethyl adjacent to an activating group) is 1. The van der Waals surface area contributed by atoms with E-state index in [9.17, 15) is 18.0 Å². The number of amides is 2. The minimum Gasteiger partial charge on any atom is -0.495 e. The van der Waals surface area contributed by atoms with Crippen LogP contribution in [0, 0.1) is 0 Å². The lowest BCUT2D eigenvalue weighted by atomic mass is 10.1. The molecule has 1 heterocycles. The molecule has 0 saturated heterocycles. The van der Waals surface area contributed by atoms with Crippen molar-refractivity contribution in [3.05, 3.63) is 42.2 Å². The second-order valence-corrected chi connectivity index (χ2v) is 8.02. The molecule has 10 nitrogen and oxygen atoms in total. The Hall–Kier alpha value is -2.92. The van der Waals surface area contributed by atoms with Gasteiger partial charge in [-0.1, -0.05) is 6.07 Å². The molecule has 1 atom stereocenters. The minimum atomic E-state index is -3.93. The number of hydrogen-bond acceptors (Lipinski definition) is 6. The number of carbonyl (C=O) groups is 2. The summed E-state index contributed by atoms with van der Waals surface area (Å²) in [4.78, 5) is 25.7. The largest absolute Gasteiger partial charge is 0.495 e. The van der Waals surface area contributed by atoms with Gasteiger partial charge in [0.25, 0.3) is 0 Å². The van der Waals surface area contributed by atoms with Crippen LogP contribution in [0.4, 0.5) is 0 Å². The molecular formula is C18H25N5O5S. The molecule has 2 rings (SSSR count). The molecule has 2 amide bonds. The normalized spacial score (nSPS) is 12.3. The Morgan fingerprint density at radius 3 is 2.69 bits per heavy atom. The zero-order valence-electron chi connectivity index (χ0n) is 16.5. The topological polar surface area (TPSA) is 137 Å². The van der Waals surface area contributed by atoms with Gasteiger partial charge in [0.05, 0.1) is 13.7 Å². The highest BCUT2D eigenvalue weighted by Gasteiger charge is 2.21. The maximum absolute atomic E-state index is 12.4. The number of hydrogen-bond donors (Lipinski definition) is 2. The van der Waals surface area contributed by atoms with Crippen LogP contribution in [-0.2, 0) is 26.0 Å². The molecule has 0 aliphatic carbocycles. The first kappa shape index (κ1) is 22.4. The summed E-state index contributed by atoms with van der Waals surface area (Å²) in [5.41, 5.74) is 0.673. The number of ether oxygens (including phenoxy) is 1. The van der Waals surface area contributed by atoms with Gasteiger partial charge in [0.1, 0.15) is 16.7 Å². The second kappa shape index (κ2) is 9.52. The molecule has 1 aromatic heterocycles. The Balaban J connectivity index is 1.87. The van der Waals surface area contributed by atoms with Crippen molar-refractivity contribution >= 4 is 21.8 Å². The molecule has 1 aromatic carbocycles. The van der Waals surface area contributed by atoms with Gasteiger partial charge < -0.3 is 15.0 Å². The summed E-state index contributed by atoms with van der Waals surface area (Å²) < 4.78 is 29.8. The molecule has 0 aliphatic heterocycles. The van der Waals surface area contributed by atoms with E-state index in [1.807, 2.05) is 0 Å². The Kier molecular flexibility index (Phi) is 7.35. The Labute approximate surface area is 169 Å². The average Bonchev–Trinajstić information content (AvgIpc) is 3.20. The second-order valence-electron chi connectivity index (χ2n) is 6.49. The predicted molar refractivity (Wildman–Crippen MR) is 106 cm³/mol. The number of benzene rings is 1. The third-order valence-electron chi connectivity index (χ3n) is 4.31. The number of primary sulfonamides is 1. The third kappa shape index (κ3) is 6.03. The lowest BCUT2D eigenvalue weighted by Gasteiger charge is -2.21. The Morgan fingerprint density at radius 2 is 2.10 bits per heavy atom. The minimum absolute atomic E-state index is 0.102. The predicted octanol–water partition coefficient (Wildman–Crippen LogP) is -0.0826. The third-order valence-corrected chi connectivity index (χ3v) is 5.24. The van der Waals surface area contributed by atoms with E-state index in [2.05, 4.69) is 10.4 Å². The van der Waals surface area contributed by atoms with Crippen LogP contribution >= 0.6 is 0 Å². The van der Waals surface area contributed by atoms with E-state index in [1.54, 1.807) is 38.5 Å². The highest BCUT2D eigenvalue weighted by atomic mass is 32.2. The van der Waals surface area contributed by atoms with Crippen molar-refractivity contribution in [3.63, 3.8) is 0 Å². The molecule has 0 spiro atoms. The molecule has 29 heavy (non-hydrogen) atoms. The molecule has 0 unspecified atom stereocenters. The fourth-order valence-electron chi connectivity index (χ4n) is 2.74. The van der Waals surface area contributed by atoms with Gasteiger partial charge in [0.2, 0.25) is 21.8 Å². The summed E-state index contributed by atoms with van der Waals surface area (Å²) in [5.74, 6) is -0.405. The van der Waals surface area contributed by atoms with Crippen molar-refractivity contribution in [2.24, 2.45) is 5.14 Å². The first-order chi connectivity index (χ1) is 13.6. The van der Waals surface area contributed by atoms with Crippen molar-refractivity contribution in [1.82, 2.24) is 20.0 Å². The molecule has 0 saturated carbocycles. The van der Waals surface area contributed by atoms with Gasteiger partial charge in [0, 0.05) is 26.0 Å². The zero-order chi connectivity index (χ0) is 21.6. The van der Waals surface area contributed by atoms with E-state index in [0.29, 0.717) is 12.0 Å². The van der Waals surface area contributed by atoms with Gasteiger partial charge in [-0.25, -0.2) is 13.6 Å². The zero-order valence-corrected chi connectivity index (χ0v) is 17.3. The fourth-order valence-corrected chi connectivity index (χ4v) is 3.48. The summed E-state index contributed by atoms with van der Waals surface area (Å²) in [5, 5.41) is 11.9. The smallest absolute Gasteiger partial charge is 0.247 e. The molecule has 3 N–H and O–H groups in total. The molecule has 0 radical (unpaired) electrons. The lowest BCUT2D eigenvalue weighted by Crippen LogP contribution is -2.41. The number of nitrogens with one attached hydrogen (secondary N) is 1. The highest BCUT2D eigenvalue weighted by molar-refractivity contribution is 7.89. The van der Waals surface area contributed by atoms with Crippen molar-refractivity contribution < 1.29 is 22.7 Å². The number of nitrogens with two attached hydrogens (primary N) is 1. The maximum atomic E-state index is 12.4. The Bertz CT molecular complexity index is 959. The fraction of sp³-hybridized carbons (Fsp3) is 0.389. The van der Waals surface area contributed by atoms with Gasteiger partial charge in [-0.3, -0.25) is 14.3 Å². The van der Waals surface area contributed by atoms with E-state index in [0.717, 1.165) is 0 Å². The van der Waals surface area contributed by atoms with Gasteiger partial charge >= 0.3 is 0 Å². The summed E-state index contributed by atoms with van der Waals surface area (Å²) in [7, 11) is -1.02. The van der Waals surface area contributed by atoms with Gasteiger partial charge in [0.15, 0.2) is 0 Å². The monoisotopic (exact) mass is 423 g/mol. The van der Waals surface area contributed by atoms with Crippen LogP contribution in [0.25, 0.3) is 0 Å². The van der Waals surface area contributed by atoms with E-state index in [-0.39, 0.29) is 35.5 Å². The summed E-state index contributed by atoms with van der Waals surface area (Å²) in [6.45, 7) is 1.87. The number of sulfonamides is 1. The molecule has 11 heteroatoms. The van der Waals surface area contributed by atoms with Crippen molar-refractivity contribution in [1.29, 1.82) is 0 Å². The van der Waals surface area contributed by atoms with Crippen LogP contribution in [-0.4, -0.2) is 62.2 Å². The van der Waals surface area contributed by atoms with E-state index >= 15 is 0 Å². The lowest BCUT2D eigenvalue weighted by molar-refractivity contribution is -0.137. The number of carbonyl (C=O) groups excluding carboxylic acids is 2. The molecule has 2 aromatic rings. The van der Waals surface area contributed by atoms with Crippen LogP contribution in [0.1, 0.15) is 18.5 Å². The van der Waals surface area contributed by atoms with Crippen LogP contribution < -0.4 is 15.2 Å². The standard InChI is InChI=1S/C18H25N5O5S/c1-13(23-10-4-8-21-23)18(25)22(2)12-17(24)20-9-7-14-5-6-15(28-3)16(11-14)29(19,26)27/h4-6,8,10-11,13H,7,9,12H2,1-3H3,(H,20,24)(H2,19,26,27)/t13-/m1/s1. The van der Waals surface area contributed by atoms with E-state index in [1.165, 1.54) is 28.8 Å². The highest BCUT2D eigenvalue weighted by Crippen LogP contribution is 2.23. The number of rotatable bonds is 9. The maximum Gasteiger partial charge on any atom is 0.247 e. The van der Waals surface area contributed by atoms with Crippen LogP contribution in [0.5, 0.6) is 5.75 Å². The van der Waals surface area contributed by atoms with Crippen LogP contribution in [0.15, 0.2) is 41.6 Å². The summed E-state index contributed by atoms with van der Waals surface area (Å²) in [6, 6.07) is 5.83.